The van der Waals surface area contributed by atoms with Crippen LogP contribution in [0.4, 0.5) is 34.1 Å². The van der Waals surface area contributed by atoms with E-state index in [4.69, 9.17) is 19.1 Å². The van der Waals surface area contributed by atoms with E-state index < -0.39 is 0 Å². The van der Waals surface area contributed by atoms with Gasteiger partial charge in [-0.25, -0.2) is 4.99 Å². The number of benzene rings is 7. The highest BCUT2D eigenvalue weighted by molar-refractivity contribution is 6.99. The first-order valence-electron chi connectivity index (χ1n) is 18.0. The van der Waals surface area contributed by atoms with Crippen molar-refractivity contribution in [1.29, 1.82) is 0 Å². The topological polar surface area (TPSA) is 58.5 Å². The molecule has 13 rings (SSSR count). The van der Waals surface area contributed by atoms with Gasteiger partial charge in [-0.2, -0.15) is 4.98 Å². The summed E-state index contributed by atoms with van der Waals surface area (Å²) in [7, 11) is 0. The van der Waals surface area contributed by atoms with Crippen LogP contribution in [0, 0.1) is 0 Å². The minimum Gasteiger partial charge on any atom is -0.458 e. The summed E-state index contributed by atoms with van der Waals surface area (Å²) in [4.78, 5) is 14.9. The first-order valence-corrected chi connectivity index (χ1v) is 18.0. The third-order valence-electron chi connectivity index (χ3n) is 11.5. The van der Waals surface area contributed by atoms with Crippen molar-refractivity contribution in [3.63, 3.8) is 0 Å². The number of para-hydroxylation sites is 7. The van der Waals surface area contributed by atoms with Crippen molar-refractivity contribution in [2.24, 2.45) is 4.99 Å². The summed E-state index contributed by atoms with van der Waals surface area (Å²) in [5, 5.41) is 0. The van der Waals surface area contributed by atoms with E-state index in [9.17, 15) is 0 Å². The molecule has 0 spiro atoms. The Morgan fingerprint density at radius 1 is 0.566 bits per heavy atom. The lowest BCUT2D eigenvalue weighted by atomic mass is 9.34. The molecule has 0 amide bonds. The van der Waals surface area contributed by atoms with Gasteiger partial charge in [0.2, 0.25) is 0 Å². The van der Waals surface area contributed by atoms with Crippen LogP contribution >= 0.6 is 0 Å². The van der Waals surface area contributed by atoms with Crippen LogP contribution < -0.4 is 30.9 Å². The molecule has 9 aromatic rings. The van der Waals surface area contributed by atoms with Crippen molar-refractivity contribution in [2.45, 2.75) is 5.92 Å². The van der Waals surface area contributed by atoms with Crippen LogP contribution in [0.15, 0.2) is 161 Å². The highest BCUT2D eigenvalue weighted by Gasteiger charge is 2.45. The Bertz CT molecular complexity index is 3110. The van der Waals surface area contributed by atoms with Crippen LogP contribution in [0.3, 0.4) is 0 Å². The molecule has 2 aromatic heterocycles. The highest BCUT2D eigenvalue weighted by Crippen LogP contribution is 2.53. The number of ether oxygens (including phenoxy) is 1. The normalized spacial score (nSPS) is 15.9. The summed E-state index contributed by atoms with van der Waals surface area (Å²) in [5.74, 6) is 3.36. The van der Waals surface area contributed by atoms with Crippen LogP contribution in [0.2, 0.25) is 0 Å². The van der Waals surface area contributed by atoms with Crippen LogP contribution in [0.25, 0.3) is 28.0 Å². The number of nitrogens with zero attached hydrogens (tertiary/aromatic N) is 5. The van der Waals surface area contributed by atoms with E-state index in [-0.39, 0.29) is 12.6 Å². The van der Waals surface area contributed by atoms with Gasteiger partial charge in [0.05, 0.1) is 45.2 Å². The third-order valence-corrected chi connectivity index (χ3v) is 11.5. The molecule has 246 valence electrons. The second kappa shape index (κ2) is 9.83. The Labute approximate surface area is 303 Å². The smallest absolute Gasteiger partial charge is 0.307 e. The van der Waals surface area contributed by atoms with Gasteiger partial charge in [0.1, 0.15) is 17.3 Å². The zero-order valence-electron chi connectivity index (χ0n) is 28.1. The lowest BCUT2D eigenvalue weighted by Crippen LogP contribution is -2.59. The molecule has 0 saturated heterocycles. The van der Waals surface area contributed by atoms with E-state index >= 15 is 0 Å². The van der Waals surface area contributed by atoms with Gasteiger partial charge in [-0.05, 0) is 82.1 Å². The number of anilines is 5. The average molecular weight is 680 g/mol. The van der Waals surface area contributed by atoms with Gasteiger partial charge < -0.3 is 14.1 Å². The largest absolute Gasteiger partial charge is 0.458 e. The van der Waals surface area contributed by atoms with Gasteiger partial charge in [-0.15, -0.1) is 0 Å². The SMILES string of the molecule is c1ccc2c(c1)N=C1C2c2ccccc2N1c1cc2c3c(c1)N(c1cccc4c1oc1nc5ccccc5n14)c1ccccc1B3c1ccccc1O2. The Kier molecular flexibility index (Phi) is 5.13. The summed E-state index contributed by atoms with van der Waals surface area (Å²) in [5.41, 5.74) is 15.9. The van der Waals surface area contributed by atoms with Crippen molar-refractivity contribution in [1.82, 2.24) is 9.38 Å². The van der Waals surface area contributed by atoms with Gasteiger partial charge in [0, 0.05) is 17.4 Å². The fourth-order valence-corrected chi connectivity index (χ4v) is 9.36. The quantitative estimate of drug-likeness (QED) is 0.171. The number of rotatable bonds is 2. The molecule has 6 heterocycles. The van der Waals surface area contributed by atoms with E-state index in [0.29, 0.717) is 5.84 Å². The summed E-state index contributed by atoms with van der Waals surface area (Å²) < 4.78 is 15.8. The maximum atomic E-state index is 6.93. The van der Waals surface area contributed by atoms with Crippen LogP contribution in [0.1, 0.15) is 17.0 Å². The maximum Gasteiger partial charge on any atom is 0.307 e. The number of imidazole rings is 1. The van der Waals surface area contributed by atoms with Gasteiger partial charge in [0.15, 0.2) is 5.58 Å². The molecule has 0 radical (unpaired) electrons. The first kappa shape index (κ1) is 27.6. The summed E-state index contributed by atoms with van der Waals surface area (Å²) in [6.45, 7) is -0.0183. The lowest BCUT2D eigenvalue weighted by Gasteiger charge is -2.40. The number of oxazole rings is 1. The van der Waals surface area contributed by atoms with Crippen LogP contribution in [-0.2, 0) is 0 Å². The van der Waals surface area contributed by atoms with Crippen molar-refractivity contribution >= 4 is 91.0 Å². The van der Waals surface area contributed by atoms with E-state index in [1.807, 2.05) is 18.2 Å². The van der Waals surface area contributed by atoms with Crippen LogP contribution in [0.5, 0.6) is 11.5 Å². The first-order chi connectivity index (χ1) is 26.3. The number of hydrogen-bond donors (Lipinski definition) is 0. The van der Waals surface area contributed by atoms with E-state index in [2.05, 4.69) is 148 Å². The maximum absolute atomic E-state index is 6.93. The molecule has 53 heavy (non-hydrogen) atoms. The Morgan fingerprint density at radius 2 is 1.30 bits per heavy atom. The number of fused-ring (bicyclic) bond motifs is 14. The van der Waals surface area contributed by atoms with Gasteiger partial charge in [-0.1, -0.05) is 91.0 Å². The molecule has 4 aliphatic heterocycles. The number of aromatic nitrogens is 2. The van der Waals surface area contributed by atoms with Crippen molar-refractivity contribution in [3.05, 3.63) is 163 Å². The van der Waals surface area contributed by atoms with E-state index in [1.54, 1.807) is 0 Å². The Balaban J connectivity index is 1.10. The molecule has 7 aromatic carbocycles. The molecule has 1 atom stereocenters. The van der Waals surface area contributed by atoms with Gasteiger partial charge in [0.25, 0.3) is 6.71 Å². The standard InChI is InChI=1S/C45H26BN5O2/c1-5-16-31-27(12-1)41-28-13-2-7-18-33(28)49(44(41)47-31)26-24-38-42-40(25-26)52-39-23-10-4-15-30(39)46(42)29-14-3-8-19-34(29)50(38)36-21-11-22-37-43(36)53-45-48-32-17-6-9-20-35(32)51(37)45/h1-25,41H. The molecule has 0 bridgehead atoms. The molecule has 7 nitrogen and oxygen atoms in total. The van der Waals surface area contributed by atoms with E-state index in [1.165, 1.54) is 16.6 Å². The predicted molar refractivity (Wildman–Crippen MR) is 212 cm³/mol. The molecule has 8 heteroatoms. The molecular formula is C45H26BN5O2. The molecule has 1 unspecified atom stereocenters. The number of amidine groups is 1. The van der Waals surface area contributed by atoms with Crippen molar-refractivity contribution in [3.8, 4) is 11.5 Å². The average Bonchev–Trinajstić information content (AvgIpc) is 3.95. The zero-order valence-corrected chi connectivity index (χ0v) is 28.1. The summed E-state index contributed by atoms with van der Waals surface area (Å²) in [6, 6.07) is 53.5. The second-order valence-electron chi connectivity index (χ2n) is 14.1. The zero-order chi connectivity index (χ0) is 34.4. The number of aliphatic imine (C=N–C) groups is 1. The Morgan fingerprint density at radius 3 is 2.25 bits per heavy atom. The molecular weight excluding hydrogens is 653 g/mol. The minimum atomic E-state index is -0.0183. The van der Waals surface area contributed by atoms with Crippen molar-refractivity contribution in [2.75, 3.05) is 9.80 Å². The van der Waals surface area contributed by atoms with E-state index in [0.717, 1.165) is 84.5 Å². The fraction of sp³-hybridized carbons (Fsp3) is 0.0222. The Hall–Kier alpha value is -7.06. The van der Waals surface area contributed by atoms with Crippen LogP contribution in [-0.4, -0.2) is 21.9 Å². The molecule has 0 aliphatic carbocycles. The molecule has 0 N–H and O–H groups in total. The second-order valence-corrected chi connectivity index (χ2v) is 14.1. The summed E-state index contributed by atoms with van der Waals surface area (Å²) >= 11 is 0. The summed E-state index contributed by atoms with van der Waals surface area (Å²) in [6.07, 6.45) is 0. The highest BCUT2D eigenvalue weighted by atomic mass is 16.5. The van der Waals surface area contributed by atoms with Crippen molar-refractivity contribution < 1.29 is 9.15 Å². The third kappa shape index (κ3) is 3.50. The molecule has 0 saturated carbocycles. The molecule has 0 fully saturated rings. The molecule has 4 aliphatic rings. The fourth-order valence-electron chi connectivity index (χ4n) is 9.36. The lowest BCUT2D eigenvalue weighted by molar-refractivity contribution is 0.487. The minimum absolute atomic E-state index is 0.0183. The predicted octanol–water partition coefficient (Wildman–Crippen LogP) is 8.97. The monoisotopic (exact) mass is 679 g/mol. The van der Waals surface area contributed by atoms with Gasteiger partial charge in [-0.3, -0.25) is 9.30 Å². The number of hydrogen-bond acceptors (Lipinski definition) is 6. The van der Waals surface area contributed by atoms with Gasteiger partial charge >= 0.3 is 5.84 Å².